The highest BCUT2D eigenvalue weighted by Gasteiger charge is 2.21. The van der Waals surface area contributed by atoms with Gasteiger partial charge in [-0.25, -0.2) is 4.39 Å². The van der Waals surface area contributed by atoms with Crippen LogP contribution in [0.1, 0.15) is 44.0 Å². The van der Waals surface area contributed by atoms with Gasteiger partial charge in [-0.3, -0.25) is 9.78 Å². The molecule has 2 aromatic rings. The summed E-state index contributed by atoms with van der Waals surface area (Å²) in [6, 6.07) is 9.94. The van der Waals surface area contributed by atoms with Crippen LogP contribution in [0.4, 0.5) is 4.39 Å². The lowest BCUT2D eigenvalue weighted by Gasteiger charge is -2.33. The molecule has 1 saturated heterocycles. The van der Waals surface area contributed by atoms with Gasteiger partial charge < -0.3 is 15.0 Å². The van der Waals surface area contributed by atoms with Crippen molar-refractivity contribution in [3.63, 3.8) is 0 Å². The number of ether oxygens (including phenoxy) is 1. The number of hydrogen-bond donors (Lipinski definition) is 1. The maximum atomic E-state index is 13.4. The maximum Gasteiger partial charge on any atom is 0.253 e. The van der Waals surface area contributed by atoms with Gasteiger partial charge in [-0.1, -0.05) is 12.1 Å². The summed E-state index contributed by atoms with van der Waals surface area (Å²) in [4.78, 5) is 19.2. The Hall–Kier alpha value is -2.31. The molecule has 1 aliphatic heterocycles. The molecule has 0 aliphatic carbocycles. The van der Waals surface area contributed by atoms with E-state index in [1.54, 1.807) is 30.5 Å². The van der Waals surface area contributed by atoms with Crippen molar-refractivity contribution in [1.29, 1.82) is 0 Å². The zero-order valence-electron chi connectivity index (χ0n) is 17.5. The fourth-order valence-electron chi connectivity index (χ4n) is 3.40. The summed E-state index contributed by atoms with van der Waals surface area (Å²) in [5.74, 6) is -0.416. The maximum absolute atomic E-state index is 13.4. The van der Waals surface area contributed by atoms with Crippen LogP contribution in [0.25, 0.3) is 11.3 Å². The van der Waals surface area contributed by atoms with E-state index < -0.39 is 0 Å². The van der Waals surface area contributed by atoms with Gasteiger partial charge in [0.25, 0.3) is 5.91 Å². The smallest absolute Gasteiger partial charge is 0.253 e. The van der Waals surface area contributed by atoms with E-state index in [0.717, 1.165) is 39.1 Å². The van der Waals surface area contributed by atoms with Gasteiger partial charge in [-0.2, -0.15) is 0 Å². The van der Waals surface area contributed by atoms with E-state index in [0.29, 0.717) is 16.8 Å². The molecule has 0 bridgehead atoms. The average molecular weight is 400 g/mol. The van der Waals surface area contributed by atoms with Crippen LogP contribution >= 0.6 is 0 Å². The van der Waals surface area contributed by atoms with Gasteiger partial charge >= 0.3 is 0 Å². The average Bonchev–Trinajstić information content (AvgIpc) is 2.68. The highest BCUT2D eigenvalue weighted by Crippen LogP contribution is 2.18. The van der Waals surface area contributed by atoms with Crippen LogP contribution in [0, 0.1) is 5.82 Å². The van der Waals surface area contributed by atoms with Crippen LogP contribution in [0.3, 0.4) is 0 Å². The highest BCUT2D eigenvalue weighted by molar-refractivity contribution is 5.94. The van der Waals surface area contributed by atoms with Crippen LogP contribution in [-0.2, 0) is 4.74 Å². The third kappa shape index (κ3) is 6.61. The predicted molar refractivity (Wildman–Crippen MR) is 112 cm³/mol. The second-order valence-electron chi connectivity index (χ2n) is 8.49. The molecule has 1 N–H and O–H groups in total. The van der Waals surface area contributed by atoms with Crippen LogP contribution in [0.5, 0.6) is 0 Å². The van der Waals surface area contributed by atoms with Crippen molar-refractivity contribution in [3.8, 4) is 11.3 Å². The van der Waals surface area contributed by atoms with Crippen molar-refractivity contribution >= 4 is 5.91 Å². The number of rotatable bonds is 6. The van der Waals surface area contributed by atoms with E-state index in [4.69, 9.17) is 4.74 Å². The van der Waals surface area contributed by atoms with E-state index in [1.165, 1.54) is 12.1 Å². The van der Waals surface area contributed by atoms with Crippen molar-refractivity contribution in [1.82, 2.24) is 15.2 Å². The topological polar surface area (TPSA) is 54.5 Å². The van der Waals surface area contributed by atoms with E-state index in [9.17, 15) is 9.18 Å². The lowest BCUT2D eigenvalue weighted by atomic mass is 10.0. The molecule has 1 aromatic carbocycles. The van der Waals surface area contributed by atoms with Gasteiger partial charge in [0, 0.05) is 37.4 Å². The molecule has 1 aromatic heterocycles. The molecule has 1 fully saturated rings. The van der Waals surface area contributed by atoms with Gasteiger partial charge in [-0.05, 0) is 57.9 Å². The molecule has 156 valence electrons. The van der Waals surface area contributed by atoms with Crippen LogP contribution in [0.15, 0.2) is 42.6 Å². The molecule has 3 rings (SSSR count). The lowest BCUT2D eigenvalue weighted by Crippen LogP contribution is -2.45. The first kappa shape index (κ1) is 21.4. The number of nitrogens with zero attached hydrogens (tertiary/aromatic N) is 2. The first-order chi connectivity index (χ1) is 13.8. The van der Waals surface area contributed by atoms with Gasteiger partial charge in [0.1, 0.15) is 5.82 Å². The largest absolute Gasteiger partial charge is 0.375 e. The Bertz CT molecular complexity index is 810. The Balaban J connectivity index is 1.46. The van der Waals surface area contributed by atoms with E-state index in [1.807, 2.05) is 0 Å². The van der Waals surface area contributed by atoms with E-state index in [2.05, 4.69) is 36.0 Å². The molecular weight excluding hydrogens is 369 g/mol. The van der Waals surface area contributed by atoms with Gasteiger partial charge in [0.15, 0.2) is 0 Å². The number of amides is 1. The molecule has 0 saturated carbocycles. The van der Waals surface area contributed by atoms with E-state index in [-0.39, 0.29) is 23.4 Å². The number of carbonyl (C=O) groups excluding carboxylic acids is 1. The minimum Gasteiger partial charge on any atom is -0.375 e. The second-order valence-corrected chi connectivity index (χ2v) is 8.49. The lowest BCUT2D eigenvalue weighted by molar-refractivity contribution is -0.0155. The quantitative estimate of drug-likeness (QED) is 0.801. The van der Waals surface area contributed by atoms with Crippen molar-refractivity contribution in [2.24, 2.45) is 0 Å². The first-order valence-corrected chi connectivity index (χ1v) is 10.2. The summed E-state index contributed by atoms with van der Waals surface area (Å²) in [6.07, 6.45) is 3.40. The Morgan fingerprint density at radius 1 is 1.24 bits per heavy atom. The molecule has 0 spiro atoms. The standard InChI is InChI=1S/C23H30FN3O2/c1-23(2,3)29-14-13-27-11-9-20(10-12-27)26-22(28)18-7-8-21(25-16-18)17-5-4-6-19(24)15-17/h4-8,15-16,20H,9-14H2,1-3H3,(H,26,28). The van der Waals surface area contributed by atoms with Crippen molar-refractivity contribution in [2.75, 3.05) is 26.2 Å². The molecule has 0 radical (unpaired) electrons. The van der Waals surface area contributed by atoms with Crippen molar-refractivity contribution < 1.29 is 13.9 Å². The molecular formula is C23H30FN3O2. The zero-order valence-corrected chi connectivity index (χ0v) is 17.5. The molecule has 0 unspecified atom stereocenters. The molecule has 0 atom stereocenters. The number of carbonyl (C=O) groups is 1. The molecule has 29 heavy (non-hydrogen) atoms. The Kier molecular flexibility index (Phi) is 6.98. The Labute approximate surface area is 172 Å². The third-order valence-corrected chi connectivity index (χ3v) is 5.01. The molecule has 2 heterocycles. The number of nitrogens with one attached hydrogen (secondary N) is 1. The summed E-state index contributed by atoms with van der Waals surface area (Å²) in [5, 5.41) is 3.11. The highest BCUT2D eigenvalue weighted by atomic mass is 19.1. The second kappa shape index (κ2) is 9.46. The fourth-order valence-corrected chi connectivity index (χ4v) is 3.40. The summed E-state index contributed by atoms with van der Waals surface area (Å²) < 4.78 is 19.2. The summed E-state index contributed by atoms with van der Waals surface area (Å²) >= 11 is 0. The van der Waals surface area contributed by atoms with E-state index >= 15 is 0 Å². The van der Waals surface area contributed by atoms with Gasteiger partial charge in [0.2, 0.25) is 0 Å². The fraction of sp³-hybridized carbons (Fsp3) is 0.478. The third-order valence-electron chi connectivity index (χ3n) is 5.01. The molecule has 1 amide bonds. The predicted octanol–water partition coefficient (Wildman–Crippen LogP) is 3.90. The summed E-state index contributed by atoms with van der Waals surface area (Å²) in [5.41, 5.74) is 1.75. The minimum atomic E-state index is -0.303. The number of benzene rings is 1. The van der Waals surface area contributed by atoms with Gasteiger partial charge in [-0.15, -0.1) is 0 Å². The molecule has 1 aliphatic rings. The van der Waals surface area contributed by atoms with Gasteiger partial charge in [0.05, 0.1) is 23.5 Å². The number of halogens is 1. The number of aromatic nitrogens is 1. The van der Waals surface area contributed by atoms with Crippen molar-refractivity contribution in [2.45, 2.75) is 45.3 Å². The SMILES string of the molecule is CC(C)(C)OCCN1CCC(NC(=O)c2ccc(-c3cccc(F)c3)nc2)CC1. The summed E-state index contributed by atoms with van der Waals surface area (Å²) in [7, 11) is 0. The Morgan fingerprint density at radius 2 is 2.00 bits per heavy atom. The number of hydrogen-bond acceptors (Lipinski definition) is 4. The first-order valence-electron chi connectivity index (χ1n) is 10.2. The van der Waals surface area contributed by atoms with Crippen LogP contribution in [-0.4, -0.2) is 53.7 Å². The zero-order chi connectivity index (χ0) is 20.9. The minimum absolute atomic E-state index is 0.107. The summed E-state index contributed by atoms with van der Waals surface area (Å²) in [6.45, 7) is 9.74. The Morgan fingerprint density at radius 3 is 2.62 bits per heavy atom. The number of pyridine rings is 1. The van der Waals surface area contributed by atoms with Crippen molar-refractivity contribution in [3.05, 3.63) is 54.0 Å². The van der Waals surface area contributed by atoms with Crippen LogP contribution < -0.4 is 5.32 Å². The molecule has 6 heteroatoms. The number of likely N-dealkylation sites (tertiary alicyclic amines) is 1. The normalized spacial score (nSPS) is 16.0. The monoisotopic (exact) mass is 399 g/mol. The van der Waals surface area contributed by atoms with Crippen LogP contribution in [0.2, 0.25) is 0 Å². The molecule has 5 nitrogen and oxygen atoms in total. The number of piperidine rings is 1.